The predicted molar refractivity (Wildman–Crippen MR) is 82.5 cm³/mol. The first-order chi connectivity index (χ1) is 9.90. The molecule has 0 aliphatic heterocycles. The van der Waals surface area contributed by atoms with Crippen molar-refractivity contribution in [2.24, 2.45) is 0 Å². The molecule has 3 rings (SSSR count). The Hall–Kier alpha value is -2.19. The Bertz CT molecular complexity index is 697. The first-order valence-corrected chi connectivity index (χ1v) is 6.92. The van der Waals surface area contributed by atoms with Gasteiger partial charge < -0.3 is 0 Å². The number of benzene rings is 1. The highest BCUT2D eigenvalue weighted by molar-refractivity contribution is 6.17. The summed E-state index contributed by atoms with van der Waals surface area (Å²) in [6.07, 6.45) is 7.29. The van der Waals surface area contributed by atoms with Gasteiger partial charge in [0.25, 0.3) is 0 Å². The molecule has 98 valence electrons. The van der Waals surface area contributed by atoms with Crippen molar-refractivity contribution in [2.75, 3.05) is 0 Å². The molecule has 2 nitrogen and oxygen atoms in total. The van der Waals surface area contributed by atoms with Crippen LogP contribution in [0.1, 0.15) is 5.56 Å². The van der Waals surface area contributed by atoms with E-state index >= 15 is 0 Å². The monoisotopic (exact) mass is 280 g/mol. The summed E-state index contributed by atoms with van der Waals surface area (Å²) in [6.45, 7) is 0. The lowest BCUT2D eigenvalue weighted by atomic mass is 9.92. The Kier molecular flexibility index (Phi) is 3.75. The van der Waals surface area contributed by atoms with Gasteiger partial charge in [0.15, 0.2) is 0 Å². The minimum Gasteiger partial charge on any atom is -0.264 e. The van der Waals surface area contributed by atoms with Crippen molar-refractivity contribution in [1.29, 1.82) is 0 Å². The Labute approximate surface area is 123 Å². The van der Waals surface area contributed by atoms with Crippen molar-refractivity contribution in [1.82, 2.24) is 9.97 Å². The van der Waals surface area contributed by atoms with E-state index in [2.05, 4.69) is 34.2 Å². The van der Waals surface area contributed by atoms with Crippen LogP contribution >= 0.6 is 11.6 Å². The minimum atomic E-state index is 0.471. The molecule has 0 saturated carbocycles. The van der Waals surface area contributed by atoms with E-state index in [1.54, 1.807) is 12.4 Å². The van der Waals surface area contributed by atoms with Gasteiger partial charge in [-0.15, -0.1) is 11.6 Å². The fourth-order valence-corrected chi connectivity index (χ4v) is 2.55. The topological polar surface area (TPSA) is 25.8 Å². The van der Waals surface area contributed by atoms with Crippen molar-refractivity contribution in [3.05, 3.63) is 72.8 Å². The fraction of sp³-hybridized carbons (Fsp3) is 0.0588. The molecule has 3 aromatic rings. The first kappa shape index (κ1) is 12.8. The van der Waals surface area contributed by atoms with Gasteiger partial charge in [0, 0.05) is 41.8 Å². The van der Waals surface area contributed by atoms with Crippen molar-refractivity contribution < 1.29 is 0 Å². The highest BCUT2D eigenvalue weighted by Crippen LogP contribution is 2.34. The van der Waals surface area contributed by atoms with Crippen LogP contribution in [0.3, 0.4) is 0 Å². The van der Waals surface area contributed by atoms with Crippen LogP contribution in [0.4, 0.5) is 0 Å². The summed E-state index contributed by atoms with van der Waals surface area (Å²) >= 11 is 6.11. The molecule has 0 aliphatic carbocycles. The van der Waals surface area contributed by atoms with E-state index in [4.69, 9.17) is 11.6 Å². The zero-order chi connectivity index (χ0) is 13.8. The van der Waals surface area contributed by atoms with Gasteiger partial charge in [-0.3, -0.25) is 9.97 Å². The maximum atomic E-state index is 6.11. The third kappa shape index (κ3) is 2.43. The predicted octanol–water partition coefficient (Wildman–Crippen LogP) is 4.55. The summed E-state index contributed by atoms with van der Waals surface area (Å²) in [7, 11) is 0. The third-order valence-corrected chi connectivity index (χ3v) is 3.51. The Morgan fingerprint density at radius 2 is 1.50 bits per heavy atom. The van der Waals surface area contributed by atoms with Crippen molar-refractivity contribution in [3.63, 3.8) is 0 Å². The van der Waals surface area contributed by atoms with Crippen LogP contribution in [0.15, 0.2) is 67.3 Å². The van der Waals surface area contributed by atoms with E-state index in [9.17, 15) is 0 Å². The fourth-order valence-electron chi connectivity index (χ4n) is 2.33. The molecule has 0 bridgehead atoms. The molecular formula is C17H13ClN2. The van der Waals surface area contributed by atoms with Crippen LogP contribution in [-0.2, 0) is 5.88 Å². The molecule has 0 spiro atoms. The van der Waals surface area contributed by atoms with Gasteiger partial charge in [-0.2, -0.15) is 0 Å². The van der Waals surface area contributed by atoms with E-state index in [1.165, 1.54) is 0 Å². The molecule has 0 radical (unpaired) electrons. The van der Waals surface area contributed by atoms with Crippen LogP contribution in [0.25, 0.3) is 22.3 Å². The number of hydrogen-bond donors (Lipinski definition) is 0. The number of rotatable bonds is 3. The molecule has 0 N–H and O–H groups in total. The minimum absolute atomic E-state index is 0.471. The normalized spacial score (nSPS) is 10.4. The van der Waals surface area contributed by atoms with Crippen LogP contribution in [0.5, 0.6) is 0 Å². The second-order valence-corrected chi connectivity index (χ2v) is 4.72. The molecular weight excluding hydrogens is 268 g/mol. The summed E-state index contributed by atoms with van der Waals surface area (Å²) < 4.78 is 0. The van der Waals surface area contributed by atoms with E-state index < -0.39 is 0 Å². The average Bonchev–Trinajstić information content (AvgIpc) is 2.55. The van der Waals surface area contributed by atoms with E-state index in [0.717, 1.165) is 27.8 Å². The largest absolute Gasteiger partial charge is 0.264 e. The van der Waals surface area contributed by atoms with Crippen LogP contribution < -0.4 is 0 Å². The third-order valence-electron chi connectivity index (χ3n) is 3.22. The van der Waals surface area contributed by atoms with Gasteiger partial charge >= 0.3 is 0 Å². The molecule has 1 aromatic carbocycles. The van der Waals surface area contributed by atoms with E-state index in [1.807, 2.05) is 30.6 Å². The van der Waals surface area contributed by atoms with Crippen LogP contribution in [-0.4, -0.2) is 9.97 Å². The summed E-state index contributed by atoms with van der Waals surface area (Å²) in [4.78, 5) is 8.42. The highest BCUT2D eigenvalue weighted by Gasteiger charge is 2.11. The average molecular weight is 281 g/mol. The lowest BCUT2D eigenvalue weighted by Crippen LogP contribution is -1.92. The second-order valence-electron chi connectivity index (χ2n) is 4.46. The highest BCUT2D eigenvalue weighted by atomic mass is 35.5. The smallest absolute Gasteiger partial charge is 0.0480 e. The second kappa shape index (κ2) is 5.85. The number of aromatic nitrogens is 2. The number of nitrogens with zero attached hydrogens (tertiary/aromatic N) is 2. The molecule has 0 fully saturated rings. The van der Waals surface area contributed by atoms with E-state index in [-0.39, 0.29) is 0 Å². The SMILES string of the molecule is ClCc1cccc(-c2cccnc2)c1-c1cccnc1. The van der Waals surface area contributed by atoms with Gasteiger partial charge in [0.2, 0.25) is 0 Å². The summed E-state index contributed by atoms with van der Waals surface area (Å²) in [5.74, 6) is 0.471. The lowest BCUT2D eigenvalue weighted by Gasteiger charge is -2.13. The standard InChI is InChI=1S/C17H13ClN2/c18-10-13-4-1-7-16(14-5-2-8-19-11-14)17(13)15-6-3-9-20-12-15/h1-9,11-12H,10H2. The molecule has 2 aromatic heterocycles. The Morgan fingerprint density at radius 3 is 2.10 bits per heavy atom. The lowest BCUT2D eigenvalue weighted by molar-refractivity contribution is 1.30. The van der Waals surface area contributed by atoms with Gasteiger partial charge in [0.05, 0.1) is 0 Å². The van der Waals surface area contributed by atoms with Crippen molar-refractivity contribution in [3.8, 4) is 22.3 Å². The number of hydrogen-bond acceptors (Lipinski definition) is 2. The summed E-state index contributed by atoms with van der Waals surface area (Å²) in [6, 6.07) is 14.2. The maximum absolute atomic E-state index is 6.11. The van der Waals surface area contributed by atoms with Crippen LogP contribution in [0, 0.1) is 0 Å². The van der Waals surface area contributed by atoms with E-state index in [0.29, 0.717) is 5.88 Å². The maximum Gasteiger partial charge on any atom is 0.0480 e. The molecule has 3 heteroatoms. The zero-order valence-corrected chi connectivity index (χ0v) is 11.6. The Balaban J connectivity index is 2.26. The molecule has 2 heterocycles. The van der Waals surface area contributed by atoms with Gasteiger partial charge in [-0.1, -0.05) is 30.3 Å². The van der Waals surface area contributed by atoms with Crippen LogP contribution in [0.2, 0.25) is 0 Å². The molecule has 0 aliphatic rings. The molecule has 0 saturated heterocycles. The van der Waals surface area contributed by atoms with Gasteiger partial charge in [0.1, 0.15) is 0 Å². The number of pyridine rings is 2. The molecule has 0 unspecified atom stereocenters. The van der Waals surface area contributed by atoms with Gasteiger partial charge in [-0.05, 0) is 28.8 Å². The first-order valence-electron chi connectivity index (χ1n) is 6.39. The Morgan fingerprint density at radius 1 is 0.800 bits per heavy atom. The quantitative estimate of drug-likeness (QED) is 0.658. The van der Waals surface area contributed by atoms with Crippen molar-refractivity contribution in [2.45, 2.75) is 5.88 Å². The van der Waals surface area contributed by atoms with Gasteiger partial charge in [-0.25, -0.2) is 0 Å². The number of alkyl halides is 1. The molecule has 0 amide bonds. The summed E-state index contributed by atoms with van der Waals surface area (Å²) in [5, 5.41) is 0. The van der Waals surface area contributed by atoms with Crippen molar-refractivity contribution >= 4 is 11.6 Å². The zero-order valence-electron chi connectivity index (χ0n) is 10.8. The molecule has 20 heavy (non-hydrogen) atoms. The number of halogens is 1. The molecule has 0 atom stereocenters. The summed E-state index contributed by atoms with van der Waals surface area (Å²) in [5.41, 5.74) is 5.51.